The van der Waals surface area contributed by atoms with Gasteiger partial charge in [0.05, 0.1) is 19.0 Å². The number of ether oxygens (including phenoxy) is 4. The quantitative estimate of drug-likeness (QED) is 0.206. The molecule has 2 fully saturated rings. The second-order valence-corrected chi connectivity index (χ2v) is 9.99. The Kier molecular flexibility index (Phi) is 8.95. The van der Waals surface area contributed by atoms with E-state index in [1.54, 1.807) is 0 Å². The van der Waals surface area contributed by atoms with E-state index in [1.165, 1.54) is 19.3 Å². The van der Waals surface area contributed by atoms with Crippen molar-refractivity contribution in [2.24, 2.45) is 0 Å². The number of allylic oxidation sites excluding steroid dienone is 2. The van der Waals surface area contributed by atoms with Crippen molar-refractivity contribution >= 4 is 11.0 Å². The zero-order chi connectivity index (χ0) is 28.6. The highest BCUT2D eigenvalue weighted by Gasteiger charge is 2.47. The highest BCUT2D eigenvalue weighted by atomic mass is 16.7. The van der Waals surface area contributed by atoms with Crippen LogP contribution in [0.2, 0.25) is 0 Å². The summed E-state index contributed by atoms with van der Waals surface area (Å²) in [6.45, 7) is 4.73. The molecule has 0 radical (unpaired) electrons. The first-order valence-corrected chi connectivity index (χ1v) is 12.5. The van der Waals surface area contributed by atoms with Gasteiger partial charge in [0.15, 0.2) is 11.7 Å². The van der Waals surface area contributed by atoms with Gasteiger partial charge < -0.3 is 59.1 Å². The highest BCUT2D eigenvalue weighted by Crippen LogP contribution is 2.36. The molecule has 39 heavy (non-hydrogen) atoms. The lowest BCUT2D eigenvalue weighted by atomic mass is 9.98. The predicted molar refractivity (Wildman–Crippen MR) is 133 cm³/mol. The Balaban J connectivity index is 1.58. The SMILES string of the molecule is CC(C)=CCc1c(O[C@@H]2O[C@H](CO[C@@H]3O[C@@H](C)[C@H](O)[C@@H](O)[C@H]3O)[C@H](O)[C@H](O)[C@H]2O)cc(O)c2c(=O)ccoc12. The number of fused-ring (bicyclic) bond motifs is 1. The van der Waals surface area contributed by atoms with Gasteiger partial charge in [0.25, 0.3) is 0 Å². The van der Waals surface area contributed by atoms with Crippen molar-refractivity contribution in [1.82, 2.24) is 0 Å². The van der Waals surface area contributed by atoms with Crippen LogP contribution in [-0.2, 0) is 20.6 Å². The van der Waals surface area contributed by atoms with Gasteiger partial charge in [0.1, 0.15) is 65.2 Å². The first kappa shape index (κ1) is 29.4. The van der Waals surface area contributed by atoms with E-state index in [1.807, 2.05) is 19.9 Å². The zero-order valence-electron chi connectivity index (χ0n) is 21.6. The normalized spacial score (nSPS) is 35.1. The van der Waals surface area contributed by atoms with Crippen molar-refractivity contribution in [3.05, 3.63) is 45.8 Å². The number of hydrogen-bond donors (Lipinski definition) is 7. The van der Waals surface area contributed by atoms with Gasteiger partial charge in [0, 0.05) is 17.7 Å². The molecule has 2 aromatic rings. The van der Waals surface area contributed by atoms with Crippen LogP contribution < -0.4 is 10.2 Å². The first-order chi connectivity index (χ1) is 18.4. The fraction of sp³-hybridized carbons (Fsp3) is 0.577. The van der Waals surface area contributed by atoms with Crippen molar-refractivity contribution in [2.75, 3.05) is 6.61 Å². The summed E-state index contributed by atoms with van der Waals surface area (Å²) in [7, 11) is 0. The Morgan fingerprint density at radius 3 is 2.31 bits per heavy atom. The molecule has 2 saturated heterocycles. The molecule has 13 nitrogen and oxygen atoms in total. The van der Waals surface area contributed by atoms with Gasteiger partial charge in [-0.3, -0.25) is 4.79 Å². The maximum Gasteiger partial charge on any atom is 0.229 e. The van der Waals surface area contributed by atoms with E-state index in [9.17, 15) is 40.5 Å². The van der Waals surface area contributed by atoms with Crippen molar-refractivity contribution in [1.29, 1.82) is 0 Å². The van der Waals surface area contributed by atoms with E-state index >= 15 is 0 Å². The predicted octanol–water partition coefficient (Wildman–Crippen LogP) is -0.962. The van der Waals surface area contributed by atoms with Crippen molar-refractivity contribution in [3.63, 3.8) is 0 Å². The molecular formula is C26H34O13. The average molecular weight is 555 g/mol. The summed E-state index contributed by atoms with van der Waals surface area (Å²) in [6.07, 6.45) is -11.5. The molecule has 3 heterocycles. The fourth-order valence-electron chi connectivity index (χ4n) is 4.50. The van der Waals surface area contributed by atoms with Gasteiger partial charge >= 0.3 is 0 Å². The summed E-state index contributed by atoms with van der Waals surface area (Å²) in [5.41, 5.74) is 0.914. The van der Waals surface area contributed by atoms with Crippen LogP contribution in [0.1, 0.15) is 26.3 Å². The molecule has 2 aliphatic heterocycles. The number of phenols is 1. The van der Waals surface area contributed by atoms with Gasteiger partial charge in [-0.2, -0.15) is 0 Å². The molecule has 0 unspecified atom stereocenters. The molecule has 0 aliphatic carbocycles. The molecule has 4 rings (SSSR count). The summed E-state index contributed by atoms with van der Waals surface area (Å²) < 4.78 is 28.0. The van der Waals surface area contributed by atoms with E-state index < -0.39 is 79.2 Å². The average Bonchev–Trinajstić information content (AvgIpc) is 2.89. The third-order valence-electron chi connectivity index (χ3n) is 6.83. The van der Waals surface area contributed by atoms with Gasteiger partial charge in [-0.05, 0) is 27.2 Å². The number of phenolic OH excluding ortho intramolecular Hbond substituents is 1. The maximum atomic E-state index is 12.4. The van der Waals surface area contributed by atoms with E-state index in [0.717, 1.165) is 11.6 Å². The molecular weight excluding hydrogens is 520 g/mol. The number of aliphatic hydroxyl groups is 6. The van der Waals surface area contributed by atoms with Gasteiger partial charge in [-0.15, -0.1) is 0 Å². The van der Waals surface area contributed by atoms with E-state index in [2.05, 4.69) is 0 Å². The molecule has 13 heteroatoms. The molecule has 1 aromatic carbocycles. The Labute approximate surface area is 223 Å². The van der Waals surface area contributed by atoms with Crippen LogP contribution in [0.3, 0.4) is 0 Å². The van der Waals surface area contributed by atoms with Crippen LogP contribution in [0.4, 0.5) is 0 Å². The second kappa shape index (κ2) is 11.9. The Morgan fingerprint density at radius 2 is 1.62 bits per heavy atom. The van der Waals surface area contributed by atoms with Crippen LogP contribution in [0.15, 0.2) is 39.3 Å². The Hall–Kier alpha value is -2.59. The number of aliphatic hydroxyl groups excluding tert-OH is 6. The van der Waals surface area contributed by atoms with E-state index in [0.29, 0.717) is 5.56 Å². The lowest BCUT2D eigenvalue weighted by Gasteiger charge is -2.42. The molecule has 10 atom stereocenters. The lowest BCUT2D eigenvalue weighted by molar-refractivity contribution is -0.318. The van der Waals surface area contributed by atoms with Crippen LogP contribution >= 0.6 is 0 Å². The molecule has 216 valence electrons. The smallest absolute Gasteiger partial charge is 0.229 e. The standard InChI is InChI=1S/C26H34O13/c1-10(2)4-5-12-15(8-14(28)17-13(27)6-7-35-24(12)17)38-26-23(34)21(32)19(30)16(39-26)9-36-25-22(33)20(31)18(29)11(3)37-25/h4,6-8,11,16,18-23,25-26,28-34H,5,9H2,1-3H3/t11-,16+,18-,19-,20+,21-,22+,23+,25+,26+/m0/s1. The minimum Gasteiger partial charge on any atom is -0.507 e. The molecule has 1 aromatic heterocycles. The van der Waals surface area contributed by atoms with Crippen molar-refractivity contribution < 1.29 is 59.1 Å². The summed E-state index contributed by atoms with van der Waals surface area (Å²) in [5.74, 6) is -0.435. The largest absolute Gasteiger partial charge is 0.507 e. The summed E-state index contributed by atoms with van der Waals surface area (Å²) in [6, 6.07) is 2.34. The summed E-state index contributed by atoms with van der Waals surface area (Å²) in [4.78, 5) is 12.4. The number of rotatable bonds is 7. The molecule has 2 aliphatic rings. The van der Waals surface area contributed by atoms with Crippen molar-refractivity contribution in [3.8, 4) is 11.5 Å². The Morgan fingerprint density at radius 1 is 0.949 bits per heavy atom. The summed E-state index contributed by atoms with van der Waals surface area (Å²) in [5, 5.41) is 72.1. The minimum atomic E-state index is -1.74. The van der Waals surface area contributed by atoms with Crippen LogP contribution in [-0.4, -0.2) is 104 Å². The lowest BCUT2D eigenvalue weighted by Crippen LogP contribution is -2.61. The van der Waals surface area contributed by atoms with Crippen LogP contribution in [0.25, 0.3) is 11.0 Å². The molecule has 0 bridgehead atoms. The minimum absolute atomic E-state index is 0.00358. The van der Waals surface area contributed by atoms with E-state index in [-0.39, 0.29) is 23.1 Å². The summed E-state index contributed by atoms with van der Waals surface area (Å²) >= 11 is 0. The van der Waals surface area contributed by atoms with Crippen LogP contribution in [0, 0.1) is 0 Å². The molecule has 0 saturated carbocycles. The molecule has 0 amide bonds. The first-order valence-electron chi connectivity index (χ1n) is 12.5. The third-order valence-corrected chi connectivity index (χ3v) is 6.83. The number of benzene rings is 1. The fourth-order valence-corrected chi connectivity index (χ4v) is 4.50. The topological polar surface area (TPSA) is 209 Å². The third kappa shape index (κ3) is 5.96. The molecule has 0 spiro atoms. The Bertz CT molecular complexity index is 1240. The molecule has 7 N–H and O–H groups in total. The number of aromatic hydroxyl groups is 1. The van der Waals surface area contributed by atoms with Gasteiger partial charge in [0.2, 0.25) is 6.29 Å². The highest BCUT2D eigenvalue weighted by molar-refractivity contribution is 5.88. The maximum absolute atomic E-state index is 12.4. The zero-order valence-corrected chi connectivity index (χ0v) is 21.6. The van der Waals surface area contributed by atoms with Gasteiger partial charge in [-0.1, -0.05) is 11.6 Å². The monoisotopic (exact) mass is 554 g/mol. The second-order valence-electron chi connectivity index (χ2n) is 9.99. The van der Waals surface area contributed by atoms with Gasteiger partial charge in [-0.25, -0.2) is 0 Å². The van der Waals surface area contributed by atoms with Crippen molar-refractivity contribution in [2.45, 2.75) is 88.6 Å². The van der Waals surface area contributed by atoms with Crippen LogP contribution in [0.5, 0.6) is 11.5 Å². The number of hydrogen-bond acceptors (Lipinski definition) is 13. The van der Waals surface area contributed by atoms with E-state index in [4.69, 9.17) is 23.4 Å².